The van der Waals surface area contributed by atoms with E-state index in [1.807, 2.05) is 60.7 Å². The van der Waals surface area contributed by atoms with Gasteiger partial charge in [0.1, 0.15) is 22.3 Å². The lowest BCUT2D eigenvalue weighted by Gasteiger charge is -2.25. The number of furan rings is 2. The Morgan fingerprint density at radius 3 is 1.45 bits per heavy atom. The van der Waals surface area contributed by atoms with Crippen molar-refractivity contribution < 1.29 is 29.4 Å². The van der Waals surface area contributed by atoms with Crippen LogP contribution in [0.3, 0.4) is 0 Å². The van der Waals surface area contributed by atoms with Crippen molar-refractivity contribution in [1.82, 2.24) is 0 Å². The maximum Gasteiger partial charge on any atom is 0.137 e. The highest BCUT2D eigenvalue weighted by molar-refractivity contribution is 6.08. The molecule has 3 heteroatoms. The van der Waals surface area contributed by atoms with E-state index in [4.69, 9.17) is 21.2 Å². The molecule has 230 valence electrons. The van der Waals surface area contributed by atoms with Gasteiger partial charge in [0.05, 0.1) is 20.6 Å². The molecule has 0 saturated carbocycles. The van der Waals surface area contributed by atoms with Gasteiger partial charge in [0, 0.05) is 50.7 Å². The predicted octanol–water partition coefficient (Wildman–Crippen LogP) is 13.4. The Bertz CT molecular complexity index is 3540. The summed E-state index contributed by atoms with van der Waals surface area (Å²) in [6, 6.07) is 14.7. The van der Waals surface area contributed by atoms with Gasteiger partial charge < -0.3 is 13.7 Å². The molecule has 0 N–H and O–H groups in total. The van der Waals surface area contributed by atoms with Crippen LogP contribution in [0.2, 0.25) is 0 Å². The lowest BCUT2D eigenvalue weighted by molar-refractivity contribution is 0.669. The van der Waals surface area contributed by atoms with Gasteiger partial charge in [-0.25, -0.2) is 0 Å². The fourth-order valence-electron chi connectivity index (χ4n) is 6.16. The number of nitrogens with zero attached hydrogens (tertiary/aromatic N) is 1. The minimum absolute atomic E-state index is 0.216. The van der Waals surface area contributed by atoms with Gasteiger partial charge in [-0.1, -0.05) is 103 Å². The number of fused-ring (bicyclic) bond motifs is 7. The molecular weight excluding hydrogens is 599 g/mol. The van der Waals surface area contributed by atoms with Crippen molar-refractivity contribution in [2.75, 3.05) is 4.90 Å². The number of para-hydroxylation sites is 2. The number of anilines is 3. The molecule has 10 rings (SSSR count). The molecule has 0 saturated heterocycles. The van der Waals surface area contributed by atoms with Crippen LogP contribution < -0.4 is 4.90 Å². The summed E-state index contributed by atoms with van der Waals surface area (Å²) in [5, 5.41) is 2.33. The molecule has 0 aliphatic rings. The van der Waals surface area contributed by atoms with E-state index in [1.165, 1.54) is 4.90 Å². The normalized spacial score (nSPS) is 16.0. The van der Waals surface area contributed by atoms with Gasteiger partial charge >= 0.3 is 0 Å². The van der Waals surface area contributed by atoms with Gasteiger partial charge in [-0.3, -0.25) is 0 Å². The van der Waals surface area contributed by atoms with Gasteiger partial charge in [0.15, 0.2) is 0 Å². The quantitative estimate of drug-likeness (QED) is 0.187. The first-order chi connectivity index (χ1) is 30.5. The third-order valence-electron chi connectivity index (χ3n) is 8.45. The maximum absolute atomic E-state index is 9.53. The smallest absolute Gasteiger partial charge is 0.137 e. The van der Waals surface area contributed by atoms with Gasteiger partial charge in [0.2, 0.25) is 0 Å². The van der Waals surface area contributed by atoms with E-state index in [9.17, 15) is 8.22 Å². The first-order valence-electron chi connectivity index (χ1n) is 22.9. The highest BCUT2D eigenvalue weighted by Crippen LogP contribution is 2.41. The van der Waals surface area contributed by atoms with Gasteiger partial charge in [0.25, 0.3) is 0 Å². The molecular formula is C46H29NO2. The standard InChI is InChI=1S/C46H29NO2/c1-2-8-30(9-3-1)33-16-14-32-15-17-34(27-35(32)26-33)31-18-20-36(21-19-31)47(37-22-24-41-39-10-4-6-12-43(39)48-45(41)28-37)38-23-25-42-40-11-5-7-13-44(40)49-46(42)29-38/h1-29H/i1D,2D,3D,8D,9D,14D,15D,16D,17D,18D,19D,20D,21D,26D,27D. The molecule has 0 bridgehead atoms. The SMILES string of the molecule is [2H]c1c([2H])c([2H])c(-c2c([2H])c([2H])c3c([2H])c([2H])c(-c4c([2H])c([2H])c(N(c5ccc6c(c5)oc5ccccc56)c5ccc6c(c5)oc5ccccc56)c([2H])c4[2H])c([2H])c3c2[2H])c([2H])c1[2H]. The zero-order valence-corrected chi connectivity index (χ0v) is 25.3. The van der Waals surface area contributed by atoms with Crippen molar-refractivity contribution in [2.45, 2.75) is 0 Å². The van der Waals surface area contributed by atoms with Crippen molar-refractivity contribution in [3.63, 3.8) is 0 Å². The lowest BCUT2D eigenvalue weighted by atomic mass is 9.97. The Morgan fingerprint density at radius 2 is 0.878 bits per heavy atom. The first-order valence-corrected chi connectivity index (χ1v) is 15.4. The van der Waals surface area contributed by atoms with Crippen LogP contribution in [-0.2, 0) is 0 Å². The zero-order valence-electron chi connectivity index (χ0n) is 40.3. The molecule has 2 aromatic heterocycles. The largest absolute Gasteiger partial charge is 0.456 e. The van der Waals surface area contributed by atoms with Crippen LogP contribution in [0.4, 0.5) is 17.1 Å². The molecule has 0 aliphatic heterocycles. The molecule has 0 radical (unpaired) electrons. The van der Waals surface area contributed by atoms with Crippen LogP contribution >= 0.6 is 0 Å². The highest BCUT2D eigenvalue weighted by Gasteiger charge is 2.18. The number of rotatable bonds is 5. The Morgan fingerprint density at radius 1 is 0.388 bits per heavy atom. The molecule has 0 aliphatic carbocycles. The van der Waals surface area contributed by atoms with Gasteiger partial charge in [-0.05, 0) is 93.6 Å². The molecule has 0 spiro atoms. The minimum Gasteiger partial charge on any atom is -0.456 e. The molecule has 8 aromatic carbocycles. The zero-order chi connectivity index (χ0) is 45.4. The fraction of sp³-hybridized carbons (Fsp3) is 0. The highest BCUT2D eigenvalue weighted by atomic mass is 16.3. The molecule has 2 heterocycles. The van der Waals surface area contributed by atoms with Crippen molar-refractivity contribution in [2.24, 2.45) is 0 Å². The lowest BCUT2D eigenvalue weighted by Crippen LogP contribution is -2.09. The van der Waals surface area contributed by atoms with Crippen LogP contribution in [0.5, 0.6) is 0 Å². The second-order valence-electron chi connectivity index (χ2n) is 11.4. The van der Waals surface area contributed by atoms with E-state index in [0.717, 1.165) is 21.5 Å². The summed E-state index contributed by atoms with van der Waals surface area (Å²) in [5.74, 6) is 0. The maximum atomic E-state index is 9.53. The third kappa shape index (κ3) is 4.67. The second-order valence-corrected chi connectivity index (χ2v) is 11.4. The van der Waals surface area contributed by atoms with Crippen molar-refractivity contribution in [1.29, 1.82) is 0 Å². The fourth-order valence-corrected chi connectivity index (χ4v) is 6.16. The topological polar surface area (TPSA) is 29.5 Å². The summed E-state index contributed by atoms with van der Waals surface area (Å²) in [4.78, 5) is 1.53. The molecule has 0 unspecified atom stereocenters. The molecule has 0 atom stereocenters. The van der Waals surface area contributed by atoms with Crippen molar-refractivity contribution in [3.05, 3.63) is 176 Å². The summed E-state index contributed by atoms with van der Waals surface area (Å²) in [5.41, 5.74) is 0.524. The summed E-state index contributed by atoms with van der Waals surface area (Å²) >= 11 is 0. The predicted molar refractivity (Wildman–Crippen MR) is 204 cm³/mol. The molecule has 10 aromatic rings. The van der Waals surface area contributed by atoms with Gasteiger partial charge in [-0.15, -0.1) is 0 Å². The first kappa shape index (κ1) is 16.5. The van der Waals surface area contributed by atoms with E-state index in [2.05, 4.69) is 0 Å². The second kappa shape index (κ2) is 11.0. The monoisotopic (exact) mass is 642 g/mol. The molecule has 0 amide bonds. The Kier molecular flexibility index (Phi) is 3.70. The molecule has 0 fully saturated rings. The van der Waals surface area contributed by atoms with Gasteiger partial charge in [-0.2, -0.15) is 0 Å². The van der Waals surface area contributed by atoms with Crippen LogP contribution in [0.1, 0.15) is 20.6 Å². The third-order valence-corrected chi connectivity index (χ3v) is 8.45. The Labute approximate surface area is 303 Å². The Balaban J connectivity index is 1.24. The van der Waals surface area contributed by atoms with Crippen LogP contribution in [0, 0.1) is 0 Å². The van der Waals surface area contributed by atoms with Crippen molar-refractivity contribution >= 4 is 71.7 Å². The summed E-state index contributed by atoms with van der Waals surface area (Å²) in [6.45, 7) is 0. The Hall–Kier alpha value is -6.58. The summed E-state index contributed by atoms with van der Waals surface area (Å²) in [6.07, 6.45) is 0. The van der Waals surface area contributed by atoms with E-state index >= 15 is 0 Å². The molecule has 3 nitrogen and oxygen atoms in total. The van der Waals surface area contributed by atoms with Crippen LogP contribution in [-0.4, -0.2) is 0 Å². The van der Waals surface area contributed by atoms with E-state index < -0.39 is 124 Å². The summed E-state index contributed by atoms with van der Waals surface area (Å²) in [7, 11) is 0. The van der Waals surface area contributed by atoms with Crippen LogP contribution in [0.25, 0.3) is 76.9 Å². The molecule has 49 heavy (non-hydrogen) atoms. The number of benzene rings is 8. The van der Waals surface area contributed by atoms with E-state index in [0.29, 0.717) is 33.7 Å². The van der Waals surface area contributed by atoms with Crippen molar-refractivity contribution in [3.8, 4) is 22.3 Å². The average molecular weight is 643 g/mol. The van der Waals surface area contributed by atoms with E-state index in [-0.39, 0.29) is 5.69 Å². The number of hydrogen-bond donors (Lipinski definition) is 0. The summed E-state index contributed by atoms with van der Waals surface area (Å²) < 4.78 is 146. The van der Waals surface area contributed by atoms with Crippen LogP contribution in [0.15, 0.2) is 184 Å². The van der Waals surface area contributed by atoms with E-state index in [1.54, 1.807) is 24.3 Å². The number of hydrogen-bond acceptors (Lipinski definition) is 3. The minimum atomic E-state index is -0.772. The average Bonchev–Trinajstić information content (AvgIpc) is 3.86.